The number of likely N-dealkylation sites (tertiary alicyclic amines) is 1. The minimum atomic E-state index is -4.21. The van der Waals surface area contributed by atoms with Crippen molar-refractivity contribution in [3.8, 4) is 5.75 Å². The van der Waals surface area contributed by atoms with Crippen molar-refractivity contribution in [1.82, 2.24) is 4.90 Å². The second kappa shape index (κ2) is 7.72. The van der Waals surface area contributed by atoms with Crippen LogP contribution in [0.3, 0.4) is 0 Å². The van der Waals surface area contributed by atoms with Crippen molar-refractivity contribution in [3.63, 3.8) is 0 Å². The molecule has 1 saturated heterocycles. The lowest BCUT2D eigenvalue weighted by atomic mass is 9.96. The van der Waals surface area contributed by atoms with E-state index >= 15 is 0 Å². The molecule has 0 N–H and O–H groups in total. The maximum atomic E-state index is 14.1. The third-order valence-electron chi connectivity index (χ3n) is 5.26. The summed E-state index contributed by atoms with van der Waals surface area (Å²) in [5.41, 5.74) is 1.96. The molecule has 3 nitrogen and oxygen atoms in total. The number of ether oxygens (including phenoxy) is 2. The quantitative estimate of drug-likeness (QED) is 0.666. The summed E-state index contributed by atoms with van der Waals surface area (Å²) in [6.07, 6.45) is -4.22. The molecule has 2 aromatic carbocycles. The van der Waals surface area contributed by atoms with Gasteiger partial charge < -0.3 is 9.47 Å². The average molecular weight is 395 g/mol. The molecule has 0 saturated carbocycles. The van der Waals surface area contributed by atoms with Crippen LogP contribution in [0, 0.1) is 11.7 Å². The lowest BCUT2D eigenvalue weighted by molar-refractivity contribution is -0.187. The number of alkyl halides is 3. The summed E-state index contributed by atoms with van der Waals surface area (Å²) >= 11 is 0. The number of piperidine rings is 1. The molecule has 0 spiro atoms. The van der Waals surface area contributed by atoms with Crippen LogP contribution in [0.15, 0.2) is 42.5 Å². The lowest BCUT2D eigenvalue weighted by Crippen LogP contribution is -2.41. The Labute approximate surface area is 160 Å². The number of fused-ring (bicyclic) bond motifs is 1. The number of hydrogen-bond donors (Lipinski definition) is 0. The van der Waals surface area contributed by atoms with Crippen LogP contribution < -0.4 is 4.74 Å². The molecule has 28 heavy (non-hydrogen) atoms. The first-order valence-electron chi connectivity index (χ1n) is 9.34. The van der Waals surface area contributed by atoms with E-state index < -0.39 is 24.2 Å². The molecular weight excluding hydrogens is 374 g/mol. The molecule has 4 rings (SSSR count). The monoisotopic (exact) mass is 395 g/mol. The van der Waals surface area contributed by atoms with Crippen molar-refractivity contribution >= 4 is 0 Å². The van der Waals surface area contributed by atoms with E-state index in [-0.39, 0.29) is 26.1 Å². The molecule has 2 aliphatic heterocycles. The molecule has 0 unspecified atom stereocenters. The maximum absolute atomic E-state index is 14.1. The Morgan fingerprint density at radius 2 is 1.89 bits per heavy atom. The highest BCUT2D eigenvalue weighted by molar-refractivity contribution is 5.43. The van der Waals surface area contributed by atoms with E-state index in [9.17, 15) is 17.6 Å². The van der Waals surface area contributed by atoms with Gasteiger partial charge in [0.05, 0.1) is 12.5 Å². The fraction of sp³-hybridized carbons (Fsp3) is 0.429. The van der Waals surface area contributed by atoms with Crippen LogP contribution in [0.5, 0.6) is 5.75 Å². The van der Waals surface area contributed by atoms with Crippen molar-refractivity contribution in [1.29, 1.82) is 0 Å². The topological polar surface area (TPSA) is 21.7 Å². The van der Waals surface area contributed by atoms with Crippen LogP contribution in [-0.4, -0.2) is 24.2 Å². The highest BCUT2D eigenvalue weighted by Crippen LogP contribution is 2.38. The second-order valence-electron chi connectivity index (χ2n) is 7.34. The first kappa shape index (κ1) is 19.2. The third kappa shape index (κ3) is 4.15. The number of halogens is 4. The number of benzene rings is 2. The Balaban J connectivity index is 1.56. The van der Waals surface area contributed by atoms with Crippen LogP contribution in [0.1, 0.15) is 35.8 Å². The molecule has 0 aromatic heterocycles. The lowest BCUT2D eigenvalue weighted by Gasteiger charge is -2.35. The van der Waals surface area contributed by atoms with Crippen molar-refractivity contribution in [2.75, 3.05) is 13.1 Å². The van der Waals surface area contributed by atoms with Crippen LogP contribution in [-0.2, 0) is 17.9 Å². The van der Waals surface area contributed by atoms with Gasteiger partial charge in [-0.3, -0.25) is 4.90 Å². The van der Waals surface area contributed by atoms with Crippen molar-refractivity contribution in [2.24, 2.45) is 5.92 Å². The Morgan fingerprint density at radius 1 is 1.11 bits per heavy atom. The summed E-state index contributed by atoms with van der Waals surface area (Å²) in [7, 11) is 0. The Bertz CT molecular complexity index is 825. The molecule has 0 amide bonds. The van der Waals surface area contributed by atoms with Crippen molar-refractivity contribution in [3.05, 3.63) is 65.0 Å². The maximum Gasteiger partial charge on any atom is 0.393 e. The molecule has 0 bridgehead atoms. The normalized spacial score (nSPS) is 23.1. The largest absolute Gasteiger partial charge is 0.460 e. The van der Waals surface area contributed by atoms with Gasteiger partial charge in [-0.1, -0.05) is 30.3 Å². The number of nitrogens with zero attached hydrogens (tertiary/aromatic N) is 1. The van der Waals surface area contributed by atoms with Crippen molar-refractivity contribution < 1.29 is 27.0 Å². The molecule has 7 heteroatoms. The standard InChI is InChI=1S/C21H21F4NO2/c22-18-9-15(11-26-8-4-7-17(12-26)21(23,24)25)19-16(10-18)13-27-20(28-19)14-5-2-1-3-6-14/h1-3,5-6,9-10,17,20H,4,7-8,11-13H2/t17-,20-/m1/s1. The molecule has 150 valence electrons. The van der Waals surface area contributed by atoms with Gasteiger partial charge in [-0.2, -0.15) is 13.2 Å². The number of hydrogen-bond acceptors (Lipinski definition) is 3. The summed E-state index contributed by atoms with van der Waals surface area (Å²) in [5.74, 6) is -1.27. The van der Waals surface area contributed by atoms with E-state index in [0.29, 0.717) is 29.8 Å². The predicted octanol–water partition coefficient (Wildman–Crippen LogP) is 5.21. The van der Waals surface area contributed by atoms with E-state index in [1.807, 2.05) is 30.3 Å². The highest BCUT2D eigenvalue weighted by atomic mass is 19.4. The average Bonchev–Trinajstić information content (AvgIpc) is 2.68. The van der Waals surface area contributed by atoms with Crippen LogP contribution in [0.25, 0.3) is 0 Å². The molecule has 0 radical (unpaired) electrons. The fourth-order valence-corrected chi connectivity index (χ4v) is 3.88. The van der Waals surface area contributed by atoms with E-state index in [0.717, 1.165) is 5.56 Å². The zero-order chi connectivity index (χ0) is 19.7. The Hall–Kier alpha value is -2.12. The second-order valence-corrected chi connectivity index (χ2v) is 7.34. The van der Waals surface area contributed by atoms with Crippen LogP contribution >= 0.6 is 0 Å². The first-order chi connectivity index (χ1) is 13.4. The van der Waals surface area contributed by atoms with Gasteiger partial charge in [0.25, 0.3) is 0 Å². The molecule has 2 heterocycles. The van der Waals surface area contributed by atoms with E-state index in [1.54, 1.807) is 4.90 Å². The van der Waals surface area contributed by atoms with Crippen LogP contribution in [0.2, 0.25) is 0 Å². The molecule has 1 fully saturated rings. The SMILES string of the molecule is Fc1cc2c(c(CN3CCC[C@@H](C(F)(F)F)C3)c1)O[C@H](c1ccccc1)OC2. The van der Waals surface area contributed by atoms with Gasteiger partial charge in [-0.25, -0.2) is 4.39 Å². The van der Waals surface area contributed by atoms with Gasteiger partial charge in [0.1, 0.15) is 11.6 Å². The summed E-state index contributed by atoms with van der Waals surface area (Å²) in [4.78, 5) is 1.73. The molecule has 0 aliphatic carbocycles. The van der Waals surface area contributed by atoms with E-state index in [1.165, 1.54) is 12.1 Å². The minimum absolute atomic E-state index is 0.0760. The molecule has 2 aliphatic rings. The number of rotatable bonds is 3. The summed E-state index contributed by atoms with van der Waals surface area (Å²) in [6, 6.07) is 12.1. The summed E-state index contributed by atoms with van der Waals surface area (Å²) < 4.78 is 65.1. The molecule has 2 atom stereocenters. The van der Waals surface area contributed by atoms with E-state index in [4.69, 9.17) is 9.47 Å². The van der Waals surface area contributed by atoms with Gasteiger partial charge in [0.2, 0.25) is 6.29 Å². The van der Waals surface area contributed by atoms with Crippen LogP contribution in [0.4, 0.5) is 17.6 Å². The minimum Gasteiger partial charge on any atom is -0.460 e. The van der Waals surface area contributed by atoms with E-state index in [2.05, 4.69) is 0 Å². The predicted molar refractivity (Wildman–Crippen MR) is 95.1 cm³/mol. The third-order valence-corrected chi connectivity index (χ3v) is 5.26. The molecule has 2 aromatic rings. The van der Waals surface area contributed by atoms with Gasteiger partial charge in [0.15, 0.2) is 0 Å². The van der Waals surface area contributed by atoms with Gasteiger partial charge in [0, 0.05) is 29.8 Å². The zero-order valence-electron chi connectivity index (χ0n) is 15.2. The van der Waals surface area contributed by atoms with Gasteiger partial charge in [-0.05, 0) is 31.5 Å². The first-order valence-corrected chi connectivity index (χ1v) is 9.34. The summed E-state index contributed by atoms with van der Waals surface area (Å²) in [6.45, 7) is 0.878. The smallest absolute Gasteiger partial charge is 0.393 e. The Kier molecular flexibility index (Phi) is 5.29. The zero-order valence-corrected chi connectivity index (χ0v) is 15.2. The van der Waals surface area contributed by atoms with Gasteiger partial charge >= 0.3 is 6.18 Å². The Morgan fingerprint density at radius 3 is 2.64 bits per heavy atom. The van der Waals surface area contributed by atoms with Gasteiger partial charge in [-0.15, -0.1) is 0 Å². The molecular formula is C21H21F4NO2. The van der Waals surface area contributed by atoms with Crippen molar-refractivity contribution in [2.45, 2.75) is 38.5 Å². The highest BCUT2D eigenvalue weighted by Gasteiger charge is 2.41. The fourth-order valence-electron chi connectivity index (χ4n) is 3.88. The summed E-state index contributed by atoms with van der Waals surface area (Å²) in [5, 5.41) is 0.